The van der Waals surface area contributed by atoms with Gasteiger partial charge in [0.2, 0.25) is 5.28 Å². The number of anilines is 1. The monoisotopic (exact) mass is 311 g/mol. The van der Waals surface area contributed by atoms with Crippen LogP contribution in [0, 0.1) is 13.8 Å². The number of hydrogen-bond acceptors (Lipinski definition) is 5. The summed E-state index contributed by atoms with van der Waals surface area (Å²) in [4.78, 5) is 13.4. The summed E-state index contributed by atoms with van der Waals surface area (Å²) in [7, 11) is 1.78. The van der Waals surface area contributed by atoms with E-state index < -0.39 is 0 Å². The zero-order chi connectivity index (χ0) is 14.3. The van der Waals surface area contributed by atoms with E-state index >= 15 is 0 Å². The number of methoxy groups -OCH3 is 1. The molecule has 0 spiro atoms. The Labute approximate surface area is 127 Å². The van der Waals surface area contributed by atoms with E-state index in [9.17, 15) is 0 Å². The van der Waals surface area contributed by atoms with Gasteiger partial charge in [0.25, 0.3) is 0 Å². The Morgan fingerprint density at radius 2 is 1.95 bits per heavy atom. The molecule has 6 heteroatoms. The minimum absolute atomic E-state index is 0.336. The number of thiophene rings is 1. The number of ether oxygens (including phenoxy) is 1. The smallest absolute Gasteiger partial charge is 0.225 e. The molecule has 0 aliphatic carbocycles. The van der Waals surface area contributed by atoms with Gasteiger partial charge in [0.15, 0.2) is 0 Å². The van der Waals surface area contributed by atoms with Crippen molar-refractivity contribution < 1.29 is 4.74 Å². The molecule has 1 saturated heterocycles. The normalized spacial score (nSPS) is 17.1. The predicted octanol–water partition coefficient (Wildman–Crippen LogP) is 3.58. The van der Waals surface area contributed by atoms with Gasteiger partial charge in [0.1, 0.15) is 10.6 Å². The number of piperidine rings is 1. The van der Waals surface area contributed by atoms with E-state index in [0.29, 0.717) is 11.4 Å². The average Bonchev–Trinajstić information content (AvgIpc) is 2.73. The quantitative estimate of drug-likeness (QED) is 0.795. The highest BCUT2D eigenvalue weighted by atomic mass is 35.5. The van der Waals surface area contributed by atoms with Crippen LogP contribution in [-0.4, -0.2) is 36.3 Å². The van der Waals surface area contributed by atoms with Gasteiger partial charge in [-0.25, -0.2) is 4.98 Å². The Morgan fingerprint density at radius 1 is 1.25 bits per heavy atom. The summed E-state index contributed by atoms with van der Waals surface area (Å²) in [5, 5.41) is 1.50. The maximum atomic E-state index is 6.09. The fraction of sp³-hybridized carbons (Fsp3) is 0.571. The molecule has 2 aromatic heterocycles. The van der Waals surface area contributed by atoms with Crippen LogP contribution in [-0.2, 0) is 4.74 Å². The van der Waals surface area contributed by atoms with Gasteiger partial charge in [-0.15, -0.1) is 11.3 Å². The maximum absolute atomic E-state index is 6.09. The standard InChI is InChI=1S/C14H18ClN3OS/c1-8-9(2)20-13-11(8)12(16-14(15)17-13)18-6-4-10(19-3)5-7-18/h10H,4-7H2,1-3H3. The van der Waals surface area contributed by atoms with Crippen LogP contribution < -0.4 is 4.90 Å². The lowest BCUT2D eigenvalue weighted by atomic mass is 10.1. The molecular formula is C14H18ClN3OS. The summed E-state index contributed by atoms with van der Waals surface area (Å²) in [5.41, 5.74) is 1.27. The van der Waals surface area contributed by atoms with Crippen molar-refractivity contribution in [2.24, 2.45) is 0 Å². The molecular weight excluding hydrogens is 294 g/mol. The number of nitrogens with zero attached hydrogens (tertiary/aromatic N) is 3. The zero-order valence-electron chi connectivity index (χ0n) is 11.9. The fourth-order valence-electron chi connectivity index (χ4n) is 2.74. The van der Waals surface area contributed by atoms with Crippen LogP contribution >= 0.6 is 22.9 Å². The highest BCUT2D eigenvalue weighted by molar-refractivity contribution is 7.18. The second-order valence-corrected chi connectivity index (χ2v) is 6.74. The molecule has 2 aromatic rings. The molecule has 1 fully saturated rings. The van der Waals surface area contributed by atoms with Crippen molar-refractivity contribution in [3.05, 3.63) is 15.7 Å². The van der Waals surface area contributed by atoms with Crippen LogP contribution in [0.25, 0.3) is 10.2 Å². The highest BCUT2D eigenvalue weighted by Gasteiger charge is 2.23. The van der Waals surface area contributed by atoms with Crippen molar-refractivity contribution in [3.63, 3.8) is 0 Å². The molecule has 1 aliphatic heterocycles. The number of aryl methyl sites for hydroxylation is 2. The number of hydrogen-bond donors (Lipinski definition) is 0. The molecule has 0 saturated carbocycles. The van der Waals surface area contributed by atoms with Crippen molar-refractivity contribution in [2.45, 2.75) is 32.8 Å². The maximum Gasteiger partial charge on any atom is 0.225 e. The SMILES string of the molecule is COC1CCN(c2nc(Cl)nc3sc(C)c(C)c23)CC1. The third kappa shape index (κ3) is 2.38. The van der Waals surface area contributed by atoms with Crippen molar-refractivity contribution >= 4 is 39.0 Å². The first kappa shape index (κ1) is 14.0. The second kappa shape index (κ2) is 5.47. The van der Waals surface area contributed by atoms with Gasteiger partial charge in [0.05, 0.1) is 11.5 Å². The van der Waals surface area contributed by atoms with Crippen molar-refractivity contribution in [2.75, 3.05) is 25.1 Å². The van der Waals surface area contributed by atoms with E-state index in [4.69, 9.17) is 16.3 Å². The Morgan fingerprint density at radius 3 is 2.60 bits per heavy atom. The molecule has 3 rings (SSSR count). The summed E-state index contributed by atoms with van der Waals surface area (Å²) in [6.07, 6.45) is 2.42. The largest absolute Gasteiger partial charge is 0.381 e. The first-order valence-electron chi connectivity index (χ1n) is 6.81. The van der Waals surface area contributed by atoms with Crippen LogP contribution in [0.1, 0.15) is 23.3 Å². The number of rotatable bonds is 2. The molecule has 4 nitrogen and oxygen atoms in total. The van der Waals surface area contributed by atoms with Crippen molar-refractivity contribution in [3.8, 4) is 0 Å². The molecule has 20 heavy (non-hydrogen) atoms. The van der Waals surface area contributed by atoms with Gasteiger partial charge >= 0.3 is 0 Å². The fourth-order valence-corrected chi connectivity index (χ4v) is 3.97. The summed E-state index contributed by atoms with van der Waals surface area (Å²) in [6, 6.07) is 0. The molecule has 0 radical (unpaired) electrons. The van der Waals surface area contributed by atoms with Crippen LogP contribution in [0.3, 0.4) is 0 Å². The van der Waals surface area contributed by atoms with Crippen molar-refractivity contribution in [1.82, 2.24) is 9.97 Å². The number of halogens is 1. The molecule has 0 unspecified atom stereocenters. The molecule has 0 atom stereocenters. The van der Waals surface area contributed by atoms with E-state index in [-0.39, 0.29) is 0 Å². The molecule has 0 bridgehead atoms. The van der Waals surface area contributed by atoms with E-state index in [0.717, 1.165) is 42.0 Å². The van der Waals surface area contributed by atoms with E-state index in [1.807, 2.05) is 0 Å². The van der Waals surface area contributed by atoms with Crippen molar-refractivity contribution in [1.29, 1.82) is 0 Å². The average molecular weight is 312 g/mol. The van der Waals surface area contributed by atoms with Crippen LogP contribution in [0.5, 0.6) is 0 Å². The third-order valence-electron chi connectivity index (χ3n) is 4.06. The lowest BCUT2D eigenvalue weighted by Gasteiger charge is -2.32. The molecule has 0 N–H and O–H groups in total. The van der Waals surface area contributed by atoms with Gasteiger partial charge in [-0.1, -0.05) is 0 Å². The van der Waals surface area contributed by atoms with Crippen LogP contribution in [0.2, 0.25) is 5.28 Å². The highest BCUT2D eigenvalue weighted by Crippen LogP contribution is 2.36. The molecule has 0 aromatic carbocycles. The van der Waals surface area contributed by atoms with Crippen LogP contribution in [0.4, 0.5) is 5.82 Å². The van der Waals surface area contributed by atoms with E-state index in [2.05, 4.69) is 28.7 Å². The van der Waals surface area contributed by atoms with Gasteiger partial charge in [0, 0.05) is 25.1 Å². The Kier molecular flexibility index (Phi) is 3.84. The van der Waals surface area contributed by atoms with E-state index in [1.54, 1.807) is 18.4 Å². The zero-order valence-corrected chi connectivity index (χ0v) is 13.5. The molecule has 0 amide bonds. The first-order chi connectivity index (χ1) is 9.60. The topological polar surface area (TPSA) is 38.2 Å². The van der Waals surface area contributed by atoms with Gasteiger partial charge < -0.3 is 9.64 Å². The summed E-state index contributed by atoms with van der Waals surface area (Å²) in [5.74, 6) is 0.983. The lowest BCUT2D eigenvalue weighted by molar-refractivity contribution is 0.0818. The minimum atomic E-state index is 0.336. The molecule has 1 aliphatic rings. The van der Waals surface area contributed by atoms with E-state index in [1.165, 1.54) is 10.4 Å². The van der Waals surface area contributed by atoms with Gasteiger partial charge in [-0.3, -0.25) is 0 Å². The Bertz CT molecular complexity index is 635. The summed E-state index contributed by atoms with van der Waals surface area (Å²) in [6.45, 7) is 6.16. The first-order valence-corrected chi connectivity index (χ1v) is 8.00. The number of fused-ring (bicyclic) bond motifs is 1. The molecule has 108 valence electrons. The van der Waals surface area contributed by atoms with Crippen LogP contribution in [0.15, 0.2) is 0 Å². The summed E-state index contributed by atoms with van der Waals surface area (Å²) >= 11 is 7.78. The van der Waals surface area contributed by atoms with Gasteiger partial charge in [-0.2, -0.15) is 4.98 Å². The second-order valence-electron chi connectivity index (χ2n) is 5.20. The predicted molar refractivity (Wildman–Crippen MR) is 84.1 cm³/mol. The lowest BCUT2D eigenvalue weighted by Crippen LogP contribution is -2.37. The van der Waals surface area contributed by atoms with Gasteiger partial charge in [-0.05, 0) is 43.9 Å². The Balaban J connectivity index is 2.02. The Hall–Kier alpha value is -0.910. The number of aromatic nitrogens is 2. The molecule has 3 heterocycles. The minimum Gasteiger partial charge on any atom is -0.381 e. The third-order valence-corrected chi connectivity index (χ3v) is 5.33. The summed E-state index contributed by atoms with van der Waals surface area (Å²) < 4.78 is 5.43.